The molecule has 0 aromatic heterocycles. The number of hydrogen-bond donors (Lipinski definition) is 0. The molecule has 2 heterocycles. The van der Waals surface area contributed by atoms with E-state index in [0.717, 1.165) is 32.2 Å². The first-order valence-electron chi connectivity index (χ1n) is 12.0. The minimum atomic E-state index is -4.21. The molecule has 2 atom stereocenters. The van der Waals surface area contributed by atoms with Crippen LogP contribution in [0.4, 0.5) is 23.2 Å². The van der Waals surface area contributed by atoms with E-state index in [4.69, 9.17) is 4.74 Å². The van der Waals surface area contributed by atoms with E-state index >= 15 is 0 Å². The fourth-order valence-electron chi connectivity index (χ4n) is 5.19. The van der Waals surface area contributed by atoms with Crippen LogP contribution in [0.3, 0.4) is 0 Å². The molecule has 1 aromatic rings. The second kappa shape index (κ2) is 11.8. The number of rotatable bonds is 9. The van der Waals surface area contributed by atoms with Gasteiger partial charge in [0.25, 0.3) is 0 Å². The summed E-state index contributed by atoms with van der Waals surface area (Å²) in [6.45, 7) is 2.49. The zero-order valence-electron chi connectivity index (χ0n) is 19.5. The summed E-state index contributed by atoms with van der Waals surface area (Å²) in [7, 11) is 0. The van der Waals surface area contributed by atoms with Gasteiger partial charge >= 0.3 is 12.3 Å². The Bertz CT molecular complexity index is 859. The Kier molecular flexibility index (Phi) is 9.26. The van der Waals surface area contributed by atoms with E-state index in [1.54, 1.807) is 18.2 Å². The highest BCUT2D eigenvalue weighted by atomic mass is 35.5. The maximum Gasteiger partial charge on any atom is 0.340 e. The van der Waals surface area contributed by atoms with Gasteiger partial charge < -0.3 is 9.64 Å². The smallest absolute Gasteiger partial charge is 0.340 e. The summed E-state index contributed by atoms with van der Waals surface area (Å²) in [5.74, 6) is -4.30. The summed E-state index contributed by atoms with van der Waals surface area (Å²) >= 11 is 0. The van der Waals surface area contributed by atoms with Crippen LogP contribution in [0.2, 0.25) is 0 Å². The molecule has 3 aliphatic rings. The van der Waals surface area contributed by atoms with Crippen molar-refractivity contribution in [1.82, 2.24) is 9.80 Å². The third-order valence-electron chi connectivity index (χ3n) is 7.11. The average molecular weight is 522 g/mol. The molecule has 0 bridgehead atoms. The van der Waals surface area contributed by atoms with Crippen LogP contribution in [-0.4, -0.2) is 79.8 Å². The summed E-state index contributed by atoms with van der Waals surface area (Å²) in [5.41, 5.74) is 0.600. The predicted octanol–water partition coefficient (Wildman–Crippen LogP) is 4.07. The molecule has 0 N–H and O–H groups in total. The number of ether oxygens (including phenoxy) is 1. The van der Waals surface area contributed by atoms with Crippen molar-refractivity contribution in [1.29, 1.82) is 0 Å². The topological polar surface area (TPSA) is 53.1 Å². The fraction of sp³-hybridized carbons (Fsp3) is 0.667. The van der Waals surface area contributed by atoms with Gasteiger partial charge in [-0.1, -0.05) is 25.0 Å². The minimum absolute atomic E-state index is 0. The van der Waals surface area contributed by atoms with Gasteiger partial charge in [-0.3, -0.25) is 19.4 Å². The van der Waals surface area contributed by atoms with Crippen molar-refractivity contribution in [3.8, 4) is 5.75 Å². The second-order valence-electron chi connectivity index (χ2n) is 9.33. The van der Waals surface area contributed by atoms with Crippen LogP contribution in [0.5, 0.6) is 5.75 Å². The summed E-state index contributed by atoms with van der Waals surface area (Å²) in [5, 5.41) is 0. The van der Waals surface area contributed by atoms with Gasteiger partial charge in [0.15, 0.2) is 6.61 Å². The molecule has 0 spiro atoms. The van der Waals surface area contributed by atoms with Crippen molar-refractivity contribution in [2.45, 2.75) is 44.5 Å². The Labute approximate surface area is 209 Å². The van der Waals surface area contributed by atoms with Crippen LogP contribution in [0.25, 0.3) is 0 Å². The Morgan fingerprint density at radius 2 is 1.54 bits per heavy atom. The summed E-state index contributed by atoms with van der Waals surface area (Å²) in [4.78, 5) is 30.9. The van der Waals surface area contributed by atoms with Crippen LogP contribution in [-0.2, 0) is 9.59 Å². The molecule has 35 heavy (non-hydrogen) atoms. The first-order chi connectivity index (χ1) is 16.3. The number of carbonyl (C=O) groups excluding carboxylic acids is 2. The molecular weight excluding hydrogens is 490 g/mol. The lowest BCUT2D eigenvalue weighted by molar-refractivity contribution is -0.148. The lowest BCUT2D eigenvalue weighted by Gasteiger charge is -2.37. The number of nitrogens with zero attached hydrogens (tertiary/aromatic N) is 3. The van der Waals surface area contributed by atoms with E-state index in [0.29, 0.717) is 44.8 Å². The molecule has 1 aliphatic carbocycles. The van der Waals surface area contributed by atoms with E-state index in [2.05, 4.69) is 4.90 Å². The van der Waals surface area contributed by atoms with Crippen molar-refractivity contribution < 1.29 is 31.9 Å². The number of para-hydroxylation sites is 2. The van der Waals surface area contributed by atoms with Crippen LogP contribution in [0, 0.1) is 11.8 Å². The normalized spacial score (nSPS) is 23.5. The number of hydrogen-bond acceptors (Lipinski definition) is 5. The molecule has 6 nitrogen and oxygen atoms in total. The van der Waals surface area contributed by atoms with Gasteiger partial charge in [-0.15, -0.1) is 12.4 Å². The summed E-state index contributed by atoms with van der Waals surface area (Å²) in [6.07, 6.45) is 0.595. The van der Waals surface area contributed by atoms with E-state index in [1.165, 1.54) is 11.0 Å². The highest BCUT2D eigenvalue weighted by Crippen LogP contribution is 2.38. The highest BCUT2D eigenvalue weighted by molar-refractivity contribution is 6.05. The van der Waals surface area contributed by atoms with Crippen molar-refractivity contribution in [3.05, 3.63) is 24.3 Å². The Morgan fingerprint density at radius 1 is 0.943 bits per heavy atom. The van der Waals surface area contributed by atoms with E-state index in [1.807, 2.05) is 4.90 Å². The number of alkyl halides is 4. The SMILES string of the molecule is Cl.O=C1C2CCCCC2C(=O)N1CCCN1CCN(c2ccccc2OCC(F)(F)C(F)F)CC1. The monoisotopic (exact) mass is 521 g/mol. The molecule has 2 unspecified atom stereocenters. The number of benzene rings is 1. The van der Waals surface area contributed by atoms with Crippen LogP contribution < -0.4 is 9.64 Å². The lowest BCUT2D eigenvalue weighted by atomic mass is 9.81. The van der Waals surface area contributed by atoms with Gasteiger partial charge in [-0.05, 0) is 37.9 Å². The molecule has 1 saturated carbocycles. The van der Waals surface area contributed by atoms with E-state index in [-0.39, 0.29) is 41.8 Å². The molecule has 2 amide bonds. The zero-order chi connectivity index (χ0) is 24.3. The number of imide groups is 1. The molecule has 0 radical (unpaired) electrons. The van der Waals surface area contributed by atoms with Crippen molar-refractivity contribution >= 4 is 29.9 Å². The first kappa shape index (κ1) is 27.5. The van der Waals surface area contributed by atoms with E-state index in [9.17, 15) is 27.2 Å². The van der Waals surface area contributed by atoms with E-state index < -0.39 is 19.0 Å². The zero-order valence-corrected chi connectivity index (χ0v) is 20.3. The van der Waals surface area contributed by atoms with Crippen LogP contribution >= 0.6 is 12.4 Å². The first-order valence-corrected chi connectivity index (χ1v) is 12.0. The van der Waals surface area contributed by atoms with Crippen molar-refractivity contribution in [3.63, 3.8) is 0 Å². The Hall–Kier alpha value is -2.07. The molecule has 11 heteroatoms. The van der Waals surface area contributed by atoms with Crippen LogP contribution in [0.1, 0.15) is 32.1 Å². The third kappa shape index (κ3) is 6.20. The molecule has 4 rings (SSSR count). The van der Waals surface area contributed by atoms with Gasteiger partial charge in [0.2, 0.25) is 11.8 Å². The molecule has 1 aromatic carbocycles. The number of piperazine rings is 1. The number of likely N-dealkylation sites (tertiary alicyclic amines) is 1. The summed E-state index contributed by atoms with van der Waals surface area (Å²) in [6, 6.07) is 6.61. The van der Waals surface area contributed by atoms with Gasteiger partial charge in [0.1, 0.15) is 5.75 Å². The number of fused-ring (bicyclic) bond motifs is 1. The molecule has 2 saturated heterocycles. The molecule has 2 aliphatic heterocycles. The third-order valence-corrected chi connectivity index (χ3v) is 7.11. The standard InChI is InChI=1S/C24H31F4N3O3.ClH/c25-23(26)24(27,28)16-34-20-9-4-3-8-19(20)30-14-12-29(13-15-30)10-5-11-31-21(32)17-6-1-2-7-18(17)22(31)33;/h3-4,8-9,17-18,23H,1-2,5-7,10-16H2;1H. The van der Waals surface area contributed by atoms with Crippen molar-refractivity contribution in [2.24, 2.45) is 11.8 Å². The average Bonchev–Trinajstić information content (AvgIpc) is 3.08. The number of carbonyl (C=O) groups is 2. The van der Waals surface area contributed by atoms with Gasteiger partial charge in [-0.25, -0.2) is 8.78 Å². The Balaban J connectivity index is 0.00000342. The molecular formula is C24H32ClF4N3O3. The predicted molar refractivity (Wildman–Crippen MR) is 126 cm³/mol. The molecule has 196 valence electrons. The molecule has 3 fully saturated rings. The Morgan fingerprint density at radius 3 is 2.14 bits per heavy atom. The summed E-state index contributed by atoms with van der Waals surface area (Å²) < 4.78 is 56.5. The fourth-order valence-corrected chi connectivity index (χ4v) is 5.19. The number of halogens is 5. The number of anilines is 1. The maximum atomic E-state index is 13.3. The minimum Gasteiger partial charge on any atom is -0.485 e. The largest absolute Gasteiger partial charge is 0.485 e. The number of amides is 2. The van der Waals surface area contributed by atoms with Crippen molar-refractivity contribution in [2.75, 3.05) is 50.8 Å². The second-order valence-corrected chi connectivity index (χ2v) is 9.33. The quantitative estimate of drug-likeness (QED) is 0.362. The maximum absolute atomic E-state index is 13.3. The lowest BCUT2D eigenvalue weighted by Crippen LogP contribution is -2.47. The van der Waals surface area contributed by atoms with Gasteiger partial charge in [0.05, 0.1) is 17.5 Å². The van der Waals surface area contributed by atoms with Crippen LogP contribution in [0.15, 0.2) is 24.3 Å². The van der Waals surface area contributed by atoms with Gasteiger partial charge in [0, 0.05) is 32.7 Å². The van der Waals surface area contributed by atoms with Gasteiger partial charge in [-0.2, -0.15) is 8.78 Å². The highest BCUT2D eigenvalue weighted by Gasteiger charge is 2.47.